The lowest BCUT2D eigenvalue weighted by atomic mass is 10.0. The van der Waals surface area contributed by atoms with Gasteiger partial charge in [-0.1, -0.05) is 30.3 Å². The molecule has 2 heterocycles. The van der Waals surface area contributed by atoms with Crippen molar-refractivity contribution in [3.8, 4) is 0 Å². The molecule has 1 saturated heterocycles. The minimum absolute atomic E-state index is 0.169. The minimum Gasteiger partial charge on any atom is -0.397 e. The van der Waals surface area contributed by atoms with Crippen LogP contribution in [0.3, 0.4) is 0 Å². The Morgan fingerprint density at radius 2 is 1.93 bits per heavy atom. The number of imide groups is 1. The molecule has 3 amide bonds. The molecule has 7 nitrogen and oxygen atoms in total. The Labute approximate surface area is 156 Å². The minimum atomic E-state index is -0.604. The summed E-state index contributed by atoms with van der Waals surface area (Å²) >= 11 is 0. The van der Waals surface area contributed by atoms with Crippen molar-refractivity contribution in [3.63, 3.8) is 0 Å². The number of carbonyl (C=O) groups excluding carboxylic acids is 3. The molecule has 4 N–H and O–H groups in total. The summed E-state index contributed by atoms with van der Waals surface area (Å²) in [4.78, 5) is 38.1. The number of hydrogen-bond donors (Lipinski definition) is 3. The largest absolute Gasteiger partial charge is 0.397 e. The molecule has 0 aliphatic carbocycles. The van der Waals surface area contributed by atoms with Gasteiger partial charge in [-0.3, -0.25) is 19.7 Å². The third-order valence-electron chi connectivity index (χ3n) is 5.07. The van der Waals surface area contributed by atoms with Crippen LogP contribution in [-0.2, 0) is 22.7 Å². The molecule has 2 aromatic rings. The zero-order valence-corrected chi connectivity index (χ0v) is 14.7. The van der Waals surface area contributed by atoms with Crippen molar-refractivity contribution in [1.29, 1.82) is 0 Å². The van der Waals surface area contributed by atoms with E-state index in [0.29, 0.717) is 30.8 Å². The van der Waals surface area contributed by atoms with Crippen LogP contribution in [0.15, 0.2) is 42.5 Å². The normalized spacial score (nSPS) is 19.0. The van der Waals surface area contributed by atoms with Crippen LogP contribution in [0, 0.1) is 0 Å². The van der Waals surface area contributed by atoms with Crippen LogP contribution in [0.1, 0.15) is 34.3 Å². The number of anilines is 2. The average Bonchev–Trinajstić information content (AvgIpc) is 2.98. The molecule has 2 aromatic carbocycles. The second kappa shape index (κ2) is 6.75. The number of nitrogen functional groups attached to an aromatic ring is 1. The third-order valence-corrected chi connectivity index (χ3v) is 5.07. The van der Waals surface area contributed by atoms with E-state index in [1.165, 1.54) is 0 Å². The molecular formula is C20H20N4O3. The number of rotatable bonds is 4. The fourth-order valence-corrected chi connectivity index (χ4v) is 3.69. The van der Waals surface area contributed by atoms with Gasteiger partial charge in [0.2, 0.25) is 11.8 Å². The SMILES string of the molecule is Nc1ccccc1NCc1cccc2c1C(=O)N(C1CCC(=O)NC1=O)C2. The first-order valence-electron chi connectivity index (χ1n) is 8.88. The number of nitrogens with one attached hydrogen (secondary N) is 2. The first-order chi connectivity index (χ1) is 13.0. The van der Waals surface area contributed by atoms with Gasteiger partial charge in [-0.25, -0.2) is 0 Å². The Morgan fingerprint density at radius 3 is 2.70 bits per heavy atom. The Balaban J connectivity index is 1.56. The summed E-state index contributed by atoms with van der Waals surface area (Å²) in [6.07, 6.45) is 0.608. The van der Waals surface area contributed by atoms with Gasteiger partial charge in [-0.05, 0) is 29.7 Å². The van der Waals surface area contributed by atoms with E-state index in [4.69, 9.17) is 5.73 Å². The molecule has 1 fully saturated rings. The van der Waals surface area contributed by atoms with E-state index in [2.05, 4.69) is 10.6 Å². The highest BCUT2D eigenvalue weighted by molar-refractivity contribution is 6.06. The highest BCUT2D eigenvalue weighted by Crippen LogP contribution is 2.30. The fourth-order valence-electron chi connectivity index (χ4n) is 3.69. The van der Waals surface area contributed by atoms with Gasteiger partial charge >= 0.3 is 0 Å². The summed E-state index contributed by atoms with van der Waals surface area (Å²) in [7, 11) is 0. The number of fused-ring (bicyclic) bond motifs is 1. The van der Waals surface area contributed by atoms with Gasteiger partial charge in [0.05, 0.1) is 11.4 Å². The predicted molar refractivity (Wildman–Crippen MR) is 101 cm³/mol. The molecule has 0 aromatic heterocycles. The molecule has 138 valence electrons. The summed E-state index contributed by atoms with van der Waals surface area (Å²) < 4.78 is 0. The lowest BCUT2D eigenvalue weighted by molar-refractivity contribution is -0.136. The van der Waals surface area contributed by atoms with Gasteiger partial charge in [0.15, 0.2) is 0 Å². The van der Waals surface area contributed by atoms with E-state index in [1.54, 1.807) is 4.90 Å². The second-order valence-electron chi connectivity index (χ2n) is 6.79. The zero-order chi connectivity index (χ0) is 19.0. The number of nitrogens with zero attached hydrogens (tertiary/aromatic N) is 1. The summed E-state index contributed by atoms with van der Waals surface area (Å²) in [5.41, 5.74) is 9.79. The van der Waals surface area contributed by atoms with Crippen LogP contribution >= 0.6 is 0 Å². The molecule has 2 aliphatic rings. The van der Waals surface area contributed by atoms with Crippen LogP contribution in [0.25, 0.3) is 0 Å². The number of piperidine rings is 1. The maximum Gasteiger partial charge on any atom is 0.255 e. The van der Waals surface area contributed by atoms with E-state index >= 15 is 0 Å². The summed E-state index contributed by atoms with van der Waals surface area (Å²) in [5, 5.41) is 5.59. The van der Waals surface area contributed by atoms with Crippen molar-refractivity contribution in [3.05, 3.63) is 59.2 Å². The molecule has 0 bridgehead atoms. The second-order valence-corrected chi connectivity index (χ2v) is 6.79. The molecule has 1 unspecified atom stereocenters. The highest BCUT2D eigenvalue weighted by atomic mass is 16.2. The first-order valence-corrected chi connectivity index (χ1v) is 8.88. The number of hydrogen-bond acceptors (Lipinski definition) is 5. The van der Waals surface area contributed by atoms with E-state index in [9.17, 15) is 14.4 Å². The number of benzene rings is 2. The summed E-state index contributed by atoms with van der Waals surface area (Å²) in [6, 6.07) is 12.6. The van der Waals surface area contributed by atoms with Gasteiger partial charge < -0.3 is 16.0 Å². The molecule has 27 heavy (non-hydrogen) atoms. The van der Waals surface area contributed by atoms with Gasteiger partial charge in [0, 0.05) is 25.1 Å². The van der Waals surface area contributed by atoms with Crippen LogP contribution < -0.4 is 16.4 Å². The van der Waals surface area contributed by atoms with Crippen molar-refractivity contribution in [2.75, 3.05) is 11.1 Å². The Kier molecular flexibility index (Phi) is 4.27. The fraction of sp³-hybridized carbons (Fsp3) is 0.250. The number of para-hydroxylation sites is 2. The lowest BCUT2D eigenvalue weighted by Crippen LogP contribution is -2.52. The van der Waals surface area contributed by atoms with Crippen LogP contribution in [0.5, 0.6) is 0 Å². The molecule has 2 aliphatic heterocycles. The van der Waals surface area contributed by atoms with Gasteiger partial charge in [0.25, 0.3) is 5.91 Å². The van der Waals surface area contributed by atoms with Crippen molar-refractivity contribution >= 4 is 29.1 Å². The van der Waals surface area contributed by atoms with Crippen LogP contribution in [0.4, 0.5) is 11.4 Å². The van der Waals surface area contributed by atoms with Crippen molar-refractivity contribution < 1.29 is 14.4 Å². The van der Waals surface area contributed by atoms with E-state index in [-0.39, 0.29) is 18.2 Å². The van der Waals surface area contributed by atoms with Crippen molar-refractivity contribution in [2.24, 2.45) is 0 Å². The Bertz CT molecular complexity index is 941. The van der Waals surface area contributed by atoms with E-state index in [0.717, 1.165) is 16.8 Å². The first kappa shape index (κ1) is 17.1. The van der Waals surface area contributed by atoms with E-state index in [1.807, 2.05) is 42.5 Å². The zero-order valence-electron chi connectivity index (χ0n) is 14.7. The standard InChI is InChI=1S/C20H20N4O3/c21-14-6-1-2-7-15(14)22-10-12-4-3-5-13-11-24(20(27)18(12)13)16-8-9-17(25)23-19(16)26/h1-7,16,22H,8-11,21H2,(H,23,25,26). The molecule has 1 atom stereocenters. The maximum absolute atomic E-state index is 13.0. The molecular weight excluding hydrogens is 344 g/mol. The highest BCUT2D eigenvalue weighted by Gasteiger charge is 2.39. The maximum atomic E-state index is 13.0. The molecule has 4 rings (SSSR count). The smallest absolute Gasteiger partial charge is 0.255 e. The molecule has 0 saturated carbocycles. The average molecular weight is 364 g/mol. The summed E-state index contributed by atoms with van der Waals surface area (Å²) in [6.45, 7) is 0.827. The third kappa shape index (κ3) is 3.12. The predicted octanol–water partition coefficient (Wildman–Crippen LogP) is 1.64. The van der Waals surface area contributed by atoms with Gasteiger partial charge in [0.1, 0.15) is 6.04 Å². The number of nitrogens with two attached hydrogens (primary N) is 1. The summed E-state index contributed by atoms with van der Waals surface area (Å²) in [5.74, 6) is -0.854. The topological polar surface area (TPSA) is 105 Å². The molecule has 7 heteroatoms. The van der Waals surface area contributed by atoms with Crippen LogP contribution in [-0.4, -0.2) is 28.7 Å². The van der Waals surface area contributed by atoms with Crippen LogP contribution in [0.2, 0.25) is 0 Å². The number of amides is 3. The molecule has 0 spiro atoms. The van der Waals surface area contributed by atoms with Gasteiger partial charge in [-0.2, -0.15) is 0 Å². The monoisotopic (exact) mass is 364 g/mol. The lowest BCUT2D eigenvalue weighted by Gasteiger charge is -2.29. The Morgan fingerprint density at radius 1 is 1.11 bits per heavy atom. The Hall–Kier alpha value is -3.35. The van der Waals surface area contributed by atoms with E-state index < -0.39 is 11.9 Å². The number of carbonyl (C=O) groups is 3. The van der Waals surface area contributed by atoms with Crippen molar-refractivity contribution in [1.82, 2.24) is 10.2 Å². The quantitative estimate of drug-likeness (QED) is 0.565. The van der Waals surface area contributed by atoms with Gasteiger partial charge in [-0.15, -0.1) is 0 Å². The molecule has 0 radical (unpaired) electrons. The van der Waals surface area contributed by atoms with Crippen molar-refractivity contribution in [2.45, 2.75) is 32.0 Å².